The molecule has 212 valence electrons. The molecule has 2 heterocycles. The Labute approximate surface area is 238 Å². The van der Waals surface area contributed by atoms with Crippen molar-refractivity contribution in [2.24, 2.45) is 0 Å². The Morgan fingerprint density at radius 1 is 0.875 bits per heavy atom. The predicted octanol–water partition coefficient (Wildman–Crippen LogP) is 4.45. The highest BCUT2D eigenvalue weighted by molar-refractivity contribution is 5.77. The Morgan fingerprint density at radius 2 is 1.60 bits per heavy atom. The van der Waals surface area contributed by atoms with E-state index < -0.39 is 0 Å². The molecule has 8 heteroatoms. The van der Waals surface area contributed by atoms with Gasteiger partial charge in [0.2, 0.25) is 5.91 Å². The average molecular weight is 545 g/mol. The summed E-state index contributed by atoms with van der Waals surface area (Å²) in [4.78, 5) is 31.8. The number of aryl methyl sites for hydroxylation is 1. The summed E-state index contributed by atoms with van der Waals surface area (Å²) in [5.41, 5.74) is 2.13. The van der Waals surface area contributed by atoms with Crippen LogP contribution in [0, 0.1) is 0 Å². The second-order valence-corrected chi connectivity index (χ2v) is 10.5. The number of hydrogen-bond acceptors (Lipinski definition) is 6. The average Bonchev–Trinajstić information content (AvgIpc) is 2.99. The van der Waals surface area contributed by atoms with Crippen LogP contribution in [0.5, 0.6) is 17.2 Å². The van der Waals surface area contributed by atoms with E-state index in [1.165, 1.54) is 0 Å². The summed E-state index contributed by atoms with van der Waals surface area (Å²) in [5, 5.41) is 3.43. The summed E-state index contributed by atoms with van der Waals surface area (Å²) < 4.78 is 11.7. The number of carbonyl (C=O) groups is 2. The van der Waals surface area contributed by atoms with E-state index in [1.54, 1.807) is 4.90 Å². The van der Waals surface area contributed by atoms with Gasteiger partial charge in [0.1, 0.15) is 17.2 Å². The van der Waals surface area contributed by atoms with E-state index in [0.29, 0.717) is 38.2 Å². The fourth-order valence-electron chi connectivity index (χ4n) is 5.20. The van der Waals surface area contributed by atoms with Crippen molar-refractivity contribution in [3.05, 3.63) is 90.0 Å². The van der Waals surface area contributed by atoms with Crippen LogP contribution in [0.2, 0.25) is 0 Å². The molecule has 0 saturated carbocycles. The predicted molar refractivity (Wildman–Crippen MR) is 157 cm³/mol. The summed E-state index contributed by atoms with van der Waals surface area (Å²) in [7, 11) is 2.05. The quantitative estimate of drug-likeness (QED) is 0.452. The minimum Gasteiger partial charge on any atom is -0.457 e. The van der Waals surface area contributed by atoms with Crippen molar-refractivity contribution in [1.82, 2.24) is 20.0 Å². The van der Waals surface area contributed by atoms with Crippen LogP contribution < -0.4 is 14.8 Å². The molecule has 2 aliphatic heterocycles. The molecule has 5 rings (SSSR count). The van der Waals surface area contributed by atoms with Crippen molar-refractivity contribution >= 4 is 12.0 Å². The number of carbonyl (C=O) groups excluding carboxylic acids is 2. The van der Waals surface area contributed by atoms with Gasteiger partial charge < -0.3 is 29.5 Å². The third-order valence-electron chi connectivity index (χ3n) is 7.58. The third kappa shape index (κ3) is 7.40. The molecular weight excluding hydrogens is 504 g/mol. The molecule has 1 N–H and O–H groups in total. The number of hydrogen-bond donors (Lipinski definition) is 1. The lowest BCUT2D eigenvalue weighted by Crippen LogP contribution is -2.54. The zero-order chi connectivity index (χ0) is 27.7. The first-order chi connectivity index (χ1) is 19.5. The summed E-state index contributed by atoms with van der Waals surface area (Å²) in [6.07, 6.45) is 1.47. The molecule has 0 aliphatic carbocycles. The number of benzene rings is 3. The lowest BCUT2D eigenvalue weighted by Gasteiger charge is -2.36. The molecule has 2 saturated heterocycles. The molecule has 2 aliphatic rings. The van der Waals surface area contributed by atoms with Gasteiger partial charge in [-0.1, -0.05) is 48.5 Å². The van der Waals surface area contributed by atoms with Crippen molar-refractivity contribution in [2.75, 3.05) is 52.9 Å². The first kappa shape index (κ1) is 27.7. The van der Waals surface area contributed by atoms with Crippen molar-refractivity contribution in [2.45, 2.75) is 25.3 Å². The van der Waals surface area contributed by atoms with Gasteiger partial charge in [-0.05, 0) is 61.3 Å². The molecule has 3 aromatic rings. The summed E-state index contributed by atoms with van der Waals surface area (Å²) >= 11 is 0. The van der Waals surface area contributed by atoms with E-state index in [9.17, 15) is 9.59 Å². The van der Waals surface area contributed by atoms with Crippen LogP contribution in [0.4, 0.5) is 4.79 Å². The van der Waals surface area contributed by atoms with Crippen LogP contribution in [0.15, 0.2) is 78.9 Å². The lowest BCUT2D eigenvalue weighted by molar-refractivity contribution is -0.134. The maximum Gasteiger partial charge on any atom is 0.415 e. The lowest BCUT2D eigenvalue weighted by atomic mass is 10.0. The van der Waals surface area contributed by atoms with E-state index in [4.69, 9.17) is 9.47 Å². The van der Waals surface area contributed by atoms with Crippen molar-refractivity contribution < 1.29 is 20.5 Å². The molecule has 1 atom stereocenters. The molecule has 3 aromatic carbocycles. The van der Waals surface area contributed by atoms with E-state index in [1.807, 2.05) is 83.8 Å². The second-order valence-electron chi connectivity index (χ2n) is 10.5. The number of nitrogens with zero attached hydrogens (tertiary/aromatic N) is 3. The number of piperazine rings is 2. The van der Waals surface area contributed by atoms with Gasteiger partial charge >= 0.3 is 6.09 Å². The summed E-state index contributed by atoms with van der Waals surface area (Å²) in [6, 6.07) is 25.3. The molecule has 2 fully saturated rings. The van der Waals surface area contributed by atoms with E-state index in [2.05, 4.69) is 17.3 Å². The topological polar surface area (TPSA) is 74.4 Å². The second kappa shape index (κ2) is 13.5. The monoisotopic (exact) mass is 544 g/mol. The van der Waals surface area contributed by atoms with Gasteiger partial charge in [-0.3, -0.25) is 4.79 Å². The fraction of sp³-hybridized carbons (Fsp3) is 0.375. The molecule has 0 radical (unpaired) electrons. The van der Waals surface area contributed by atoms with Crippen LogP contribution in [0.3, 0.4) is 0 Å². The summed E-state index contributed by atoms with van der Waals surface area (Å²) in [6.45, 7) is 5.29. The van der Waals surface area contributed by atoms with Gasteiger partial charge in [-0.25, -0.2) is 4.79 Å². The fourth-order valence-corrected chi connectivity index (χ4v) is 5.20. The van der Waals surface area contributed by atoms with Gasteiger partial charge in [0.25, 0.3) is 0 Å². The summed E-state index contributed by atoms with van der Waals surface area (Å²) in [5.74, 6) is 2.26. The number of ether oxygens (including phenoxy) is 2. The highest BCUT2D eigenvalue weighted by atomic mass is 16.6. The van der Waals surface area contributed by atoms with Gasteiger partial charge in [-0.15, -0.1) is 0 Å². The van der Waals surface area contributed by atoms with Crippen LogP contribution in [0.1, 0.15) is 19.0 Å². The van der Waals surface area contributed by atoms with Crippen LogP contribution in [-0.4, -0.2) is 85.6 Å². The number of rotatable bonds is 8. The normalized spacial score (nSPS) is 17.9. The number of para-hydroxylation sites is 2. The maximum atomic E-state index is 13.4. The van der Waals surface area contributed by atoms with Gasteiger partial charge in [-0.2, -0.15) is 0 Å². The van der Waals surface area contributed by atoms with Crippen LogP contribution in [-0.2, 0) is 17.6 Å². The zero-order valence-corrected chi connectivity index (χ0v) is 23.1. The molecule has 8 nitrogen and oxygen atoms in total. The van der Waals surface area contributed by atoms with Crippen LogP contribution >= 0.6 is 0 Å². The minimum absolute atomic E-state index is 0. The Balaban J connectivity index is 0.00000387. The molecule has 0 spiro atoms. The molecule has 0 unspecified atom stereocenters. The van der Waals surface area contributed by atoms with E-state index in [-0.39, 0.29) is 19.5 Å². The van der Waals surface area contributed by atoms with Gasteiger partial charge in [0, 0.05) is 59.7 Å². The van der Waals surface area contributed by atoms with E-state index in [0.717, 1.165) is 55.2 Å². The Morgan fingerprint density at radius 3 is 2.38 bits per heavy atom. The number of likely N-dealkylation sites (N-methyl/N-ethyl adjacent to an activating group) is 1. The molecule has 0 aromatic heterocycles. The standard InChI is InChI=1S/C32H38N4O4.H2/c1-34-19-21-35(22-20-34)32(38)40-29-14-11-25(12-15-29)23-27-24-33-17-18-36(27)31(37)16-13-26-7-5-6-10-30(26)39-28-8-3-2-4-9-28;/h2-12,14-15,27,33H,13,16-24H2,1H3;1H/t27-;/m1./s1. The Kier molecular flexibility index (Phi) is 9.31. The SMILES string of the molecule is CN1CCN(C(=O)Oc2ccc(C[C@@H]3CNCCN3C(=O)CCc3ccccc3Oc3ccccc3)cc2)CC1.[HH]. The Bertz CT molecular complexity index is 1270. The number of amides is 2. The number of nitrogens with one attached hydrogen (secondary N) is 1. The molecule has 40 heavy (non-hydrogen) atoms. The largest absolute Gasteiger partial charge is 0.457 e. The molecule has 0 bridgehead atoms. The highest BCUT2D eigenvalue weighted by Gasteiger charge is 2.27. The Hall–Kier alpha value is -3.88. The maximum absolute atomic E-state index is 13.4. The molecule has 2 amide bonds. The highest BCUT2D eigenvalue weighted by Crippen LogP contribution is 2.26. The van der Waals surface area contributed by atoms with Gasteiger partial charge in [0.15, 0.2) is 0 Å². The minimum atomic E-state index is -0.301. The van der Waals surface area contributed by atoms with Crippen LogP contribution in [0.25, 0.3) is 0 Å². The van der Waals surface area contributed by atoms with Crippen molar-refractivity contribution in [3.8, 4) is 17.2 Å². The first-order valence-corrected chi connectivity index (χ1v) is 14.1. The smallest absolute Gasteiger partial charge is 0.415 e. The zero-order valence-electron chi connectivity index (χ0n) is 23.1. The first-order valence-electron chi connectivity index (χ1n) is 14.1. The van der Waals surface area contributed by atoms with Crippen molar-refractivity contribution in [3.63, 3.8) is 0 Å². The van der Waals surface area contributed by atoms with Crippen molar-refractivity contribution in [1.29, 1.82) is 0 Å². The van der Waals surface area contributed by atoms with Gasteiger partial charge in [0.05, 0.1) is 0 Å². The van der Waals surface area contributed by atoms with E-state index >= 15 is 0 Å². The third-order valence-corrected chi connectivity index (χ3v) is 7.58. The molecular formula is C32H40N4O4.